The topological polar surface area (TPSA) is 0 Å². The molecule has 4 heteroatoms. The summed E-state index contributed by atoms with van der Waals surface area (Å²) in [5, 5.41) is 2.81. The zero-order valence-electron chi connectivity index (χ0n) is 12.1. The van der Waals surface area contributed by atoms with Gasteiger partial charge >= 0.3 is 0 Å². The minimum atomic E-state index is 0.640. The van der Waals surface area contributed by atoms with Crippen LogP contribution in [0.25, 0.3) is 0 Å². The lowest BCUT2D eigenvalue weighted by Crippen LogP contribution is -1.83. The van der Waals surface area contributed by atoms with Crippen LogP contribution in [0.1, 0.15) is 31.4 Å². The largest absolute Gasteiger partial charge is 0.0843 e. The molecule has 0 bridgehead atoms. The van der Waals surface area contributed by atoms with Crippen molar-refractivity contribution < 1.29 is 0 Å². The van der Waals surface area contributed by atoms with Crippen molar-refractivity contribution in [2.45, 2.75) is 33.1 Å². The molecule has 0 saturated carbocycles. The van der Waals surface area contributed by atoms with Gasteiger partial charge in [0, 0.05) is 10.0 Å². The third-order valence-corrected chi connectivity index (χ3v) is 4.39. The first kappa shape index (κ1) is 18.6. The van der Waals surface area contributed by atoms with Crippen LogP contribution in [0.5, 0.6) is 0 Å². The number of hydrogen-bond donors (Lipinski definition) is 0. The molecule has 2 rings (SSSR count). The van der Waals surface area contributed by atoms with Crippen molar-refractivity contribution in [3.8, 4) is 0 Å². The van der Waals surface area contributed by atoms with Crippen LogP contribution in [0.4, 0.5) is 0 Å². The van der Waals surface area contributed by atoms with Gasteiger partial charge in [-0.25, -0.2) is 0 Å². The van der Waals surface area contributed by atoms with Gasteiger partial charge in [0.1, 0.15) is 0 Å². The summed E-state index contributed by atoms with van der Waals surface area (Å²) >= 11 is 23.3. The molecule has 21 heavy (non-hydrogen) atoms. The first-order valence-electron chi connectivity index (χ1n) is 6.86. The molecule has 0 aliphatic carbocycles. The van der Waals surface area contributed by atoms with Crippen LogP contribution in [0.3, 0.4) is 0 Å². The summed E-state index contributed by atoms with van der Waals surface area (Å²) in [4.78, 5) is 0. The SMILES string of the molecule is CCCc1ccc(Cl)cc1Cl.CCc1cccc(Cl)c1Cl. The lowest BCUT2D eigenvalue weighted by molar-refractivity contribution is 0.922. The van der Waals surface area contributed by atoms with Gasteiger partial charge in [0.05, 0.1) is 10.0 Å². The Morgan fingerprint density at radius 3 is 2.05 bits per heavy atom. The Bertz CT molecular complexity index is 579. The molecule has 0 aliphatic rings. The van der Waals surface area contributed by atoms with E-state index in [0.29, 0.717) is 15.1 Å². The summed E-state index contributed by atoms with van der Waals surface area (Å²) < 4.78 is 0. The van der Waals surface area contributed by atoms with E-state index in [0.717, 1.165) is 29.8 Å². The average Bonchev–Trinajstić information content (AvgIpc) is 2.46. The maximum Gasteiger partial charge on any atom is 0.0624 e. The quantitative estimate of drug-likeness (QED) is 0.529. The van der Waals surface area contributed by atoms with Crippen molar-refractivity contribution in [1.29, 1.82) is 0 Å². The standard InChI is InChI=1S/C9H10Cl2.C8H8Cl2/c1-2-3-7-4-5-8(10)6-9(7)11;1-2-6-4-3-5-7(9)8(6)10/h4-6H,2-3H2,1H3;3-5H,2H2,1H3. The molecule has 0 radical (unpaired) electrons. The molecule has 0 spiro atoms. The average molecular weight is 364 g/mol. The summed E-state index contributed by atoms with van der Waals surface area (Å²) in [5.41, 5.74) is 2.28. The van der Waals surface area contributed by atoms with Crippen molar-refractivity contribution in [2.75, 3.05) is 0 Å². The normalized spacial score (nSPS) is 10.0. The summed E-state index contributed by atoms with van der Waals surface area (Å²) in [6.07, 6.45) is 3.07. The molecule has 114 valence electrons. The highest BCUT2D eigenvalue weighted by atomic mass is 35.5. The van der Waals surface area contributed by atoms with Crippen LogP contribution >= 0.6 is 46.4 Å². The van der Waals surface area contributed by atoms with E-state index >= 15 is 0 Å². The second-order valence-electron chi connectivity index (χ2n) is 4.55. The third kappa shape index (κ3) is 6.08. The molecule has 0 aliphatic heterocycles. The molecule has 0 nitrogen and oxygen atoms in total. The van der Waals surface area contributed by atoms with Crippen LogP contribution in [-0.2, 0) is 12.8 Å². The molecular weight excluding hydrogens is 346 g/mol. The molecule has 0 amide bonds. The molecule has 0 unspecified atom stereocenters. The van der Waals surface area contributed by atoms with Gasteiger partial charge in [0.15, 0.2) is 0 Å². The molecule has 0 aromatic heterocycles. The van der Waals surface area contributed by atoms with E-state index < -0.39 is 0 Å². The summed E-state index contributed by atoms with van der Waals surface area (Å²) in [6, 6.07) is 11.3. The Labute approximate surface area is 147 Å². The van der Waals surface area contributed by atoms with Gasteiger partial charge in [-0.3, -0.25) is 0 Å². The fraction of sp³-hybridized carbons (Fsp3) is 0.294. The number of rotatable bonds is 3. The molecule has 2 aromatic rings. The number of benzene rings is 2. The highest BCUT2D eigenvalue weighted by Crippen LogP contribution is 2.25. The van der Waals surface area contributed by atoms with E-state index in [1.807, 2.05) is 24.3 Å². The summed E-state index contributed by atoms with van der Waals surface area (Å²) in [7, 11) is 0. The second-order valence-corrected chi connectivity index (χ2v) is 6.18. The van der Waals surface area contributed by atoms with Crippen molar-refractivity contribution in [1.82, 2.24) is 0 Å². The van der Waals surface area contributed by atoms with E-state index in [2.05, 4.69) is 13.8 Å². The van der Waals surface area contributed by atoms with Gasteiger partial charge in [0.2, 0.25) is 0 Å². The number of hydrogen-bond acceptors (Lipinski definition) is 0. The number of halogens is 4. The highest BCUT2D eigenvalue weighted by Gasteiger charge is 2.00. The van der Waals surface area contributed by atoms with Crippen LogP contribution < -0.4 is 0 Å². The number of aryl methyl sites for hydroxylation is 2. The van der Waals surface area contributed by atoms with Gasteiger partial charge in [-0.15, -0.1) is 0 Å². The van der Waals surface area contributed by atoms with E-state index in [1.54, 1.807) is 12.1 Å². The lowest BCUT2D eigenvalue weighted by Gasteiger charge is -2.01. The Morgan fingerprint density at radius 2 is 1.52 bits per heavy atom. The first-order valence-corrected chi connectivity index (χ1v) is 8.37. The molecule has 0 N–H and O–H groups in total. The maximum absolute atomic E-state index is 5.92. The van der Waals surface area contributed by atoms with Gasteiger partial charge in [0.25, 0.3) is 0 Å². The fourth-order valence-electron chi connectivity index (χ4n) is 1.82. The zero-order chi connectivity index (χ0) is 15.8. The monoisotopic (exact) mass is 362 g/mol. The minimum absolute atomic E-state index is 0.640. The van der Waals surface area contributed by atoms with Gasteiger partial charge in [-0.2, -0.15) is 0 Å². The Morgan fingerprint density at radius 1 is 0.810 bits per heavy atom. The van der Waals surface area contributed by atoms with Crippen LogP contribution in [0.2, 0.25) is 20.1 Å². The van der Waals surface area contributed by atoms with E-state index in [9.17, 15) is 0 Å². The smallest absolute Gasteiger partial charge is 0.0624 e. The van der Waals surface area contributed by atoms with Gasteiger partial charge in [-0.1, -0.05) is 84.9 Å². The molecular formula is C17H18Cl4. The minimum Gasteiger partial charge on any atom is -0.0843 e. The van der Waals surface area contributed by atoms with E-state index in [4.69, 9.17) is 46.4 Å². The van der Waals surface area contributed by atoms with E-state index in [-0.39, 0.29) is 0 Å². The van der Waals surface area contributed by atoms with Crippen molar-refractivity contribution >= 4 is 46.4 Å². The zero-order valence-corrected chi connectivity index (χ0v) is 15.1. The van der Waals surface area contributed by atoms with Crippen LogP contribution in [0.15, 0.2) is 36.4 Å². The maximum atomic E-state index is 5.92. The first-order chi connectivity index (χ1) is 9.99. The molecule has 0 saturated heterocycles. The molecule has 0 atom stereocenters. The predicted molar refractivity (Wildman–Crippen MR) is 96.3 cm³/mol. The van der Waals surface area contributed by atoms with E-state index in [1.165, 1.54) is 5.56 Å². The second kappa shape index (κ2) is 9.58. The molecule has 2 aromatic carbocycles. The van der Waals surface area contributed by atoms with Crippen LogP contribution in [-0.4, -0.2) is 0 Å². The third-order valence-electron chi connectivity index (χ3n) is 2.95. The molecule has 0 fully saturated rings. The van der Waals surface area contributed by atoms with Crippen molar-refractivity contribution in [3.63, 3.8) is 0 Å². The Balaban J connectivity index is 0.000000211. The van der Waals surface area contributed by atoms with Crippen molar-refractivity contribution in [3.05, 3.63) is 67.6 Å². The Hall–Kier alpha value is -0.400. The Kier molecular flexibility index (Phi) is 8.51. The van der Waals surface area contributed by atoms with Crippen LogP contribution in [0, 0.1) is 0 Å². The van der Waals surface area contributed by atoms with Gasteiger partial charge in [-0.05, 0) is 42.2 Å². The fourth-order valence-corrected chi connectivity index (χ4v) is 2.77. The molecule has 0 heterocycles. The highest BCUT2D eigenvalue weighted by molar-refractivity contribution is 6.42. The lowest BCUT2D eigenvalue weighted by atomic mass is 10.1. The predicted octanol–water partition coefficient (Wildman–Crippen LogP) is 7.50. The van der Waals surface area contributed by atoms with Crippen molar-refractivity contribution in [2.24, 2.45) is 0 Å². The summed E-state index contributed by atoms with van der Waals surface area (Å²) in [6.45, 7) is 4.18. The summed E-state index contributed by atoms with van der Waals surface area (Å²) in [5.74, 6) is 0. The van der Waals surface area contributed by atoms with Gasteiger partial charge < -0.3 is 0 Å².